The molecule has 148 valence electrons. The third-order valence-electron chi connectivity index (χ3n) is 4.22. The first-order valence-electron chi connectivity index (χ1n) is 9.41. The highest BCUT2D eigenvalue weighted by Crippen LogP contribution is 2.13. The quantitative estimate of drug-likeness (QED) is 0.278. The Hall–Kier alpha value is -3.22. The molecule has 3 N–H and O–H groups in total. The fraction of sp³-hybridized carbons (Fsp3) is 0.130. The second kappa shape index (κ2) is 10.9. The van der Waals surface area contributed by atoms with Crippen LogP contribution < -0.4 is 10.6 Å². The molecule has 0 saturated heterocycles. The largest absolute Gasteiger partial charge is 0.362 e. The lowest BCUT2D eigenvalue weighted by molar-refractivity contribution is 0.0852. The molecule has 0 aliphatic carbocycles. The molecule has 1 amide bonds. The monoisotopic (exact) mass is 404 g/mol. The lowest BCUT2D eigenvalue weighted by atomic mass is 10.2. The molecule has 0 atom stereocenters. The minimum absolute atomic E-state index is 0.147. The molecule has 0 aliphatic rings. The molecular weight excluding hydrogens is 380 g/mol. The second-order valence-electron chi connectivity index (χ2n) is 6.33. The molecular formula is C23H24N4OS. The topological polar surface area (TPSA) is 68.2 Å². The standard InChI is InChI=1S/C23H24N4OS/c24-22(13-14-26-20-10-5-2-6-11-20)27(23(28)21-12-7-17-29-21)16-15-25-18-19-8-3-1-4-9-19/h1-14,17,24-26H,15-16,18H2/b14-13-,24-22?. The lowest BCUT2D eigenvalue weighted by Gasteiger charge is -2.21. The molecule has 0 radical (unpaired) electrons. The SMILES string of the molecule is N=C(/C=C\Nc1ccccc1)N(CCNCc1ccccc1)C(=O)c1cccs1. The van der Waals surface area contributed by atoms with Crippen LogP contribution in [0.25, 0.3) is 0 Å². The molecule has 0 unspecified atom stereocenters. The van der Waals surface area contributed by atoms with E-state index in [2.05, 4.69) is 22.8 Å². The number of carbonyl (C=O) groups is 1. The van der Waals surface area contributed by atoms with Crippen molar-refractivity contribution in [2.24, 2.45) is 0 Å². The zero-order chi connectivity index (χ0) is 20.3. The van der Waals surface area contributed by atoms with E-state index in [1.165, 1.54) is 21.8 Å². The summed E-state index contributed by atoms with van der Waals surface area (Å²) in [5, 5.41) is 16.7. The van der Waals surface area contributed by atoms with E-state index in [1.807, 2.05) is 60.0 Å². The van der Waals surface area contributed by atoms with Crippen LogP contribution in [0.3, 0.4) is 0 Å². The maximum atomic E-state index is 12.9. The summed E-state index contributed by atoms with van der Waals surface area (Å²) >= 11 is 1.39. The summed E-state index contributed by atoms with van der Waals surface area (Å²) in [5.41, 5.74) is 2.11. The fourth-order valence-corrected chi connectivity index (χ4v) is 3.40. The van der Waals surface area contributed by atoms with E-state index in [0.717, 1.165) is 12.2 Å². The van der Waals surface area contributed by atoms with Crippen molar-refractivity contribution in [3.63, 3.8) is 0 Å². The number of para-hydroxylation sites is 1. The lowest BCUT2D eigenvalue weighted by Crippen LogP contribution is -2.40. The normalized spacial score (nSPS) is 10.8. The maximum absolute atomic E-state index is 12.9. The van der Waals surface area contributed by atoms with Crippen LogP contribution in [0.5, 0.6) is 0 Å². The zero-order valence-electron chi connectivity index (χ0n) is 16.0. The molecule has 6 heteroatoms. The number of benzene rings is 2. The Balaban J connectivity index is 1.59. The smallest absolute Gasteiger partial charge is 0.269 e. The van der Waals surface area contributed by atoms with Crippen molar-refractivity contribution in [1.29, 1.82) is 5.41 Å². The summed E-state index contributed by atoms with van der Waals surface area (Å²) in [4.78, 5) is 15.0. The molecule has 2 aromatic carbocycles. The highest BCUT2D eigenvalue weighted by Gasteiger charge is 2.19. The molecule has 3 aromatic rings. The molecule has 5 nitrogen and oxygen atoms in total. The van der Waals surface area contributed by atoms with E-state index in [-0.39, 0.29) is 11.7 Å². The van der Waals surface area contributed by atoms with E-state index in [1.54, 1.807) is 18.3 Å². The highest BCUT2D eigenvalue weighted by atomic mass is 32.1. The number of anilines is 1. The van der Waals surface area contributed by atoms with Crippen LogP contribution in [0.4, 0.5) is 5.69 Å². The summed E-state index contributed by atoms with van der Waals surface area (Å²) in [6, 6.07) is 23.4. The summed E-state index contributed by atoms with van der Waals surface area (Å²) in [6.07, 6.45) is 3.29. The van der Waals surface area contributed by atoms with Gasteiger partial charge in [0.25, 0.3) is 5.91 Å². The van der Waals surface area contributed by atoms with Crippen LogP contribution in [0.2, 0.25) is 0 Å². The number of nitrogens with zero attached hydrogens (tertiary/aromatic N) is 1. The Labute approximate surface area is 175 Å². The predicted molar refractivity (Wildman–Crippen MR) is 120 cm³/mol. The zero-order valence-corrected chi connectivity index (χ0v) is 16.9. The van der Waals surface area contributed by atoms with E-state index in [9.17, 15) is 4.79 Å². The van der Waals surface area contributed by atoms with Gasteiger partial charge in [-0.05, 0) is 35.2 Å². The third kappa shape index (κ3) is 6.41. The van der Waals surface area contributed by atoms with Gasteiger partial charge < -0.3 is 10.6 Å². The number of hydrogen-bond donors (Lipinski definition) is 3. The van der Waals surface area contributed by atoms with Gasteiger partial charge in [0.05, 0.1) is 4.88 Å². The van der Waals surface area contributed by atoms with Gasteiger partial charge in [0.15, 0.2) is 0 Å². The number of carbonyl (C=O) groups excluding carboxylic acids is 1. The molecule has 29 heavy (non-hydrogen) atoms. The van der Waals surface area contributed by atoms with Gasteiger partial charge in [0.1, 0.15) is 5.84 Å². The summed E-state index contributed by atoms with van der Waals surface area (Å²) in [6.45, 7) is 1.73. The molecule has 1 heterocycles. The van der Waals surface area contributed by atoms with Gasteiger partial charge in [-0.25, -0.2) is 0 Å². The molecule has 1 aromatic heterocycles. The van der Waals surface area contributed by atoms with Crippen LogP contribution in [-0.2, 0) is 6.54 Å². The van der Waals surface area contributed by atoms with Crippen LogP contribution >= 0.6 is 11.3 Å². The molecule has 0 bridgehead atoms. The van der Waals surface area contributed by atoms with Crippen LogP contribution in [0.15, 0.2) is 90.5 Å². The van der Waals surface area contributed by atoms with E-state index >= 15 is 0 Å². The second-order valence-corrected chi connectivity index (χ2v) is 7.27. The van der Waals surface area contributed by atoms with Crippen molar-refractivity contribution < 1.29 is 4.79 Å². The number of amides is 1. The van der Waals surface area contributed by atoms with Gasteiger partial charge >= 0.3 is 0 Å². The van der Waals surface area contributed by atoms with E-state index < -0.39 is 0 Å². The predicted octanol–water partition coefficient (Wildman–Crippen LogP) is 4.58. The van der Waals surface area contributed by atoms with Crippen LogP contribution in [0.1, 0.15) is 15.2 Å². The van der Waals surface area contributed by atoms with Gasteiger partial charge in [-0.3, -0.25) is 15.1 Å². The third-order valence-corrected chi connectivity index (χ3v) is 5.07. The van der Waals surface area contributed by atoms with Crippen molar-refractivity contribution >= 4 is 28.8 Å². The van der Waals surface area contributed by atoms with Crippen LogP contribution in [-0.4, -0.2) is 29.7 Å². The Morgan fingerprint density at radius 1 is 1.00 bits per heavy atom. The molecule has 0 aliphatic heterocycles. The fourth-order valence-electron chi connectivity index (χ4n) is 2.73. The number of nitrogens with one attached hydrogen (secondary N) is 3. The van der Waals surface area contributed by atoms with Crippen LogP contribution in [0, 0.1) is 5.41 Å². The van der Waals surface area contributed by atoms with Gasteiger partial charge in [-0.1, -0.05) is 54.6 Å². The molecule has 0 spiro atoms. The maximum Gasteiger partial charge on any atom is 0.269 e. The van der Waals surface area contributed by atoms with Crippen molar-refractivity contribution in [3.8, 4) is 0 Å². The van der Waals surface area contributed by atoms with Gasteiger partial charge in [-0.15, -0.1) is 11.3 Å². The first-order chi connectivity index (χ1) is 14.2. The Morgan fingerprint density at radius 2 is 1.72 bits per heavy atom. The van der Waals surface area contributed by atoms with Gasteiger partial charge in [-0.2, -0.15) is 0 Å². The Morgan fingerprint density at radius 3 is 2.41 bits per heavy atom. The summed E-state index contributed by atoms with van der Waals surface area (Å²) < 4.78 is 0. The van der Waals surface area contributed by atoms with Crippen molar-refractivity contribution in [2.75, 3.05) is 18.4 Å². The number of hydrogen-bond acceptors (Lipinski definition) is 5. The number of thiophene rings is 1. The minimum atomic E-state index is -0.157. The average Bonchev–Trinajstić information content (AvgIpc) is 3.30. The summed E-state index contributed by atoms with van der Waals surface area (Å²) in [5.74, 6) is -0.00999. The molecule has 0 fully saturated rings. The van der Waals surface area contributed by atoms with Gasteiger partial charge in [0.2, 0.25) is 0 Å². The highest BCUT2D eigenvalue weighted by molar-refractivity contribution is 7.12. The Kier molecular flexibility index (Phi) is 7.74. The molecule has 3 rings (SSSR count). The first kappa shape index (κ1) is 20.5. The van der Waals surface area contributed by atoms with E-state index in [4.69, 9.17) is 5.41 Å². The minimum Gasteiger partial charge on any atom is -0.362 e. The number of amidine groups is 1. The van der Waals surface area contributed by atoms with Crippen molar-refractivity contribution in [2.45, 2.75) is 6.54 Å². The molecule has 0 saturated carbocycles. The van der Waals surface area contributed by atoms with E-state index in [0.29, 0.717) is 18.0 Å². The summed E-state index contributed by atoms with van der Waals surface area (Å²) in [7, 11) is 0. The van der Waals surface area contributed by atoms with Gasteiger partial charge in [0, 0.05) is 31.5 Å². The van der Waals surface area contributed by atoms with Crippen molar-refractivity contribution in [1.82, 2.24) is 10.2 Å². The average molecular weight is 405 g/mol. The Bertz CT molecular complexity index is 924. The first-order valence-corrected chi connectivity index (χ1v) is 10.3. The van der Waals surface area contributed by atoms with Crippen molar-refractivity contribution in [3.05, 3.63) is 101 Å². The number of rotatable bonds is 9.